The topological polar surface area (TPSA) is 101 Å². The lowest BCUT2D eigenvalue weighted by molar-refractivity contribution is -0.145. The second kappa shape index (κ2) is 14.9. The molecule has 0 spiro atoms. The molecule has 2 rings (SSSR count). The van der Waals surface area contributed by atoms with Crippen molar-refractivity contribution in [2.45, 2.75) is 45.3 Å². The van der Waals surface area contributed by atoms with Gasteiger partial charge in [0, 0.05) is 45.6 Å². The quantitative estimate of drug-likeness (QED) is 0.177. The summed E-state index contributed by atoms with van der Waals surface area (Å²) >= 11 is 0. The van der Waals surface area contributed by atoms with Crippen LogP contribution in [0.3, 0.4) is 0 Å². The molecule has 1 heterocycles. The largest absolute Gasteiger partial charge is 0.460 e. The molecule has 0 radical (unpaired) electrons. The third-order valence-corrected chi connectivity index (χ3v) is 5.33. The summed E-state index contributed by atoms with van der Waals surface area (Å²) in [5, 5.41) is 12.8. The van der Waals surface area contributed by atoms with Crippen LogP contribution in [0.1, 0.15) is 44.8 Å². The minimum atomic E-state index is -0.280. The molecule has 1 fully saturated rings. The van der Waals surface area contributed by atoms with E-state index in [9.17, 15) is 9.59 Å². The summed E-state index contributed by atoms with van der Waals surface area (Å²) in [7, 11) is 0. The molecule has 1 aromatic carbocycles. The van der Waals surface area contributed by atoms with Crippen LogP contribution in [-0.2, 0) is 19.1 Å². The number of rotatable bonds is 16. The Bertz CT molecular complexity index is 644. The average Bonchev–Trinajstić information content (AvgIpc) is 3.17. The molecule has 174 valence electrons. The SMILES string of the molecule is CC(=O)OC(CNCCC[C@H]1CCNC1=O)CNCCNCOC(C)c1ccccc1. The summed E-state index contributed by atoms with van der Waals surface area (Å²) in [5.41, 5.74) is 1.16. The first-order valence-electron chi connectivity index (χ1n) is 11.3. The van der Waals surface area contributed by atoms with Gasteiger partial charge in [-0.05, 0) is 38.3 Å². The van der Waals surface area contributed by atoms with Gasteiger partial charge in [-0.1, -0.05) is 30.3 Å². The monoisotopic (exact) mass is 434 g/mol. The molecule has 0 aromatic heterocycles. The van der Waals surface area contributed by atoms with Gasteiger partial charge in [-0.25, -0.2) is 0 Å². The van der Waals surface area contributed by atoms with Crippen LogP contribution < -0.4 is 21.3 Å². The van der Waals surface area contributed by atoms with Crippen LogP contribution in [0.25, 0.3) is 0 Å². The van der Waals surface area contributed by atoms with Crippen LogP contribution in [-0.4, -0.2) is 64.0 Å². The van der Waals surface area contributed by atoms with E-state index >= 15 is 0 Å². The van der Waals surface area contributed by atoms with E-state index < -0.39 is 0 Å². The number of hydrogen-bond acceptors (Lipinski definition) is 7. The van der Waals surface area contributed by atoms with E-state index in [1.165, 1.54) is 6.92 Å². The Morgan fingerprint density at radius 3 is 2.52 bits per heavy atom. The lowest BCUT2D eigenvalue weighted by Gasteiger charge is -2.19. The Balaban J connectivity index is 1.50. The summed E-state index contributed by atoms with van der Waals surface area (Å²) in [4.78, 5) is 22.9. The molecule has 0 bridgehead atoms. The molecule has 0 saturated carbocycles. The van der Waals surface area contributed by atoms with E-state index in [0.29, 0.717) is 19.8 Å². The molecular weight excluding hydrogens is 396 g/mol. The van der Waals surface area contributed by atoms with E-state index in [4.69, 9.17) is 9.47 Å². The van der Waals surface area contributed by atoms with Gasteiger partial charge in [-0.15, -0.1) is 0 Å². The van der Waals surface area contributed by atoms with Gasteiger partial charge in [-0.2, -0.15) is 0 Å². The molecule has 1 saturated heterocycles. The molecule has 1 aliphatic rings. The van der Waals surface area contributed by atoms with Gasteiger partial charge in [0.15, 0.2) is 0 Å². The Labute approximate surface area is 185 Å². The van der Waals surface area contributed by atoms with E-state index in [0.717, 1.165) is 51.0 Å². The van der Waals surface area contributed by atoms with E-state index in [1.54, 1.807) is 0 Å². The summed E-state index contributed by atoms with van der Waals surface area (Å²) in [6.45, 7) is 8.22. The highest BCUT2D eigenvalue weighted by molar-refractivity contribution is 5.80. The molecule has 31 heavy (non-hydrogen) atoms. The highest BCUT2D eigenvalue weighted by Gasteiger charge is 2.23. The van der Waals surface area contributed by atoms with Crippen molar-refractivity contribution < 1.29 is 19.1 Å². The van der Waals surface area contributed by atoms with Crippen molar-refractivity contribution >= 4 is 11.9 Å². The van der Waals surface area contributed by atoms with Gasteiger partial charge in [0.05, 0.1) is 12.8 Å². The lowest BCUT2D eigenvalue weighted by Crippen LogP contribution is -2.41. The first-order chi connectivity index (χ1) is 15.1. The van der Waals surface area contributed by atoms with Gasteiger partial charge in [0.1, 0.15) is 6.10 Å². The molecule has 8 nitrogen and oxygen atoms in total. The minimum absolute atomic E-state index is 0.0455. The zero-order chi connectivity index (χ0) is 22.3. The number of carbonyl (C=O) groups excluding carboxylic acids is 2. The smallest absolute Gasteiger partial charge is 0.302 e. The fourth-order valence-electron chi connectivity index (χ4n) is 3.56. The van der Waals surface area contributed by atoms with Gasteiger partial charge < -0.3 is 25.4 Å². The number of benzene rings is 1. The minimum Gasteiger partial charge on any atom is -0.460 e. The van der Waals surface area contributed by atoms with E-state index in [1.807, 2.05) is 25.1 Å². The summed E-state index contributed by atoms with van der Waals surface area (Å²) < 4.78 is 11.2. The normalized spacial score (nSPS) is 17.9. The van der Waals surface area contributed by atoms with Gasteiger partial charge in [0.2, 0.25) is 5.91 Å². The summed E-state index contributed by atoms with van der Waals surface area (Å²) in [6.07, 6.45) is 2.59. The van der Waals surface area contributed by atoms with Crippen LogP contribution in [0.5, 0.6) is 0 Å². The molecule has 3 atom stereocenters. The Morgan fingerprint density at radius 2 is 1.84 bits per heavy atom. The number of nitrogens with one attached hydrogen (secondary N) is 4. The maximum atomic E-state index is 11.6. The zero-order valence-corrected chi connectivity index (χ0v) is 18.8. The number of esters is 1. The van der Waals surface area contributed by atoms with Crippen molar-refractivity contribution in [3.8, 4) is 0 Å². The zero-order valence-electron chi connectivity index (χ0n) is 18.8. The van der Waals surface area contributed by atoms with Crippen LogP contribution in [0.4, 0.5) is 0 Å². The molecule has 0 aliphatic carbocycles. The third-order valence-electron chi connectivity index (χ3n) is 5.33. The Kier molecular flexibility index (Phi) is 12.2. The fourth-order valence-corrected chi connectivity index (χ4v) is 3.56. The summed E-state index contributed by atoms with van der Waals surface area (Å²) in [6, 6.07) is 10.1. The number of ether oxygens (including phenoxy) is 2. The molecule has 2 unspecified atom stereocenters. The van der Waals surface area contributed by atoms with Gasteiger partial charge in [-0.3, -0.25) is 14.9 Å². The van der Waals surface area contributed by atoms with Crippen molar-refractivity contribution in [3.05, 3.63) is 35.9 Å². The third kappa shape index (κ3) is 10.7. The fraction of sp³-hybridized carbons (Fsp3) is 0.652. The molecule has 1 aliphatic heterocycles. The van der Waals surface area contributed by atoms with Crippen molar-refractivity contribution in [3.63, 3.8) is 0 Å². The average molecular weight is 435 g/mol. The van der Waals surface area contributed by atoms with Gasteiger partial charge in [0.25, 0.3) is 0 Å². The van der Waals surface area contributed by atoms with E-state index in [2.05, 4.69) is 33.4 Å². The van der Waals surface area contributed by atoms with Crippen LogP contribution in [0, 0.1) is 5.92 Å². The first-order valence-corrected chi connectivity index (χ1v) is 11.3. The highest BCUT2D eigenvalue weighted by atomic mass is 16.5. The maximum absolute atomic E-state index is 11.6. The number of hydrogen-bond donors (Lipinski definition) is 4. The lowest BCUT2D eigenvalue weighted by atomic mass is 10.0. The standard InChI is InChI=1S/C23H38N4O4/c1-18(20-7-4-3-5-8-20)30-17-26-14-13-25-16-22(31-19(2)28)15-24-11-6-9-21-10-12-27-23(21)29/h3-5,7-8,18,21-22,24-26H,6,9-17H2,1-2H3,(H,27,29)/t18?,21-,22?/m0/s1. The second-order valence-corrected chi connectivity index (χ2v) is 7.92. The molecule has 4 N–H and O–H groups in total. The molecule has 1 amide bonds. The second-order valence-electron chi connectivity index (χ2n) is 7.92. The van der Waals surface area contributed by atoms with Crippen molar-refractivity contribution in [1.29, 1.82) is 0 Å². The molecular formula is C23H38N4O4. The maximum Gasteiger partial charge on any atom is 0.302 e. The number of amides is 1. The highest BCUT2D eigenvalue weighted by Crippen LogP contribution is 2.15. The molecule has 8 heteroatoms. The first kappa shape index (κ1) is 25.3. The van der Waals surface area contributed by atoms with Crippen LogP contribution in [0.15, 0.2) is 30.3 Å². The van der Waals surface area contributed by atoms with E-state index in [-0.39, 0.29) is 30.0 Å². The predicted octanol–water partition coefficient (Wildman–Crippen LogP) is 1.34. The van der Waals surface area contributed by atoms with Crippen molar-refractivity contribution in [2.24, 2.45) is 5.92 Å². The summed E-state index contributed by atoms with van der Waals surface area (Å²) in [5.74, 6) is 0.0491. The van der Waals surface area contributed by atoms with Gasteiger partial charge >= 0.3 is 5.97 Å². The Morgan fingerprint density at radius 1 is 1.13 bits per heavy atom. The van der Waals surface area contributed by atoms with Crippen LogP contribution >= 0.6 is 0 Å². The van der Waals surface area contributed by atoms with Crippen molar-refractivity contribution in [2.75, 3.05) is 46.0 Å². The predicted molar refractivity (Wildman–Crippen MR) is 120 cm³/mol. The number of carbonyl (C=O) groups is 2. The van der Waals surface area contributed by atoms with Crippen LogP contribution in [0.2, 0.25) is 0 Å². The molecule has 1 aromatic rings. The van der Waals surface area contributed by atoms with Crippen molar-refractivity contribution in [1.82, 2.24) is 21.3 Å². The Hall–Kier alpha value is -2.00.